The fraction of sp³-hybridized carbons (Fsp3) is 0. The van der Waals surface area contributed by atoms with Gasteiger partial charge in [-0.3, -0.25) is 9.59 Å². The van der Waals surface area contributed by atoms with Crippen LogP contribution >= 0.6 is 0 Å². The summed E-state index contributed by atoms with van der Waals surface area (Å²) in [6.07, 6.45) is 0. The van der Waals surface area contributed by atoms with Gasteiger partial charge < -0.3 is 21.1 Å². The van der Waals surface area contributed by atoms with Gasteiger partial charge in [0.25, 0.3) is 11.8 Å². The summed E-state index contributed by atoms with van der Waals surface area (Å²) in [6.45, 7) is 0. The lowest BCUT2D eigenvalue weighted by atomic mass is 10.1. The molecular weight excluding hydrogens is 308 g/mol. The van der Waals surface area contributed by atoms with E-state index in [4.69, 9.17) is 5.73 Å². The number of para-hydroxylation sites is 1. The summed E-state index contributed by atoms with van der Waals surface area (Å²) in [7, 11) is 0. The van der Waals surface area contributed by atoms with Crippen molar-refractivity contribution in [3.05, 3.63) is 65.9 Å². The minimum absolute atomic E-state index is 0.246. The first-order valence-electron chi connectivity index (χ1n) is 7.10. The molecule has 5 N–H and O–H groups in total. The Morgan fingerprint density at radius 3 is 2.50 bits per heavy atom. The van der Waals surface area contributed by atoms with E-state index >= 15 is 0 Å². The SMILES string of the molecule is NC(=O)c1nc(-c2cccc(C(=O)Nc3ccccc3)c2)[nH]c1O. The standard InChI is InChI=1S/C17H14N4O3/c18-14(22)13-17(24)21-15(20-13)10-5-4-6-11(9-10)16(23)19-12-7-2-1-3-8-12/h1-9,24H,(H2,18,22)(H,19,23)(H,20,21). The minimum atomic E-state index is -0.840. The number of amides is 2. The highest BCUT2D eigenvalue weighted by Gasteiger charge is 2.16. The molecule has 0 unspecified atom stereocenters. The number of primary amides is 1. The average Bonchev–Trinajstić information content (AvgIpc) is 2.98. The van der Waals surface area contributed by atoms with E-state index in [1.54, 1.807) is 36.4 Å². The zero-order valence-electron chi connectivity index (χ0n) is 12.5. The smallest absolute Gasteiger partial charge is 0.272 e. The van der Waals surface area contributed by atoms with Crippen molar-refractivity contribution in [3.63, 3.8) is 0 Å². The Morgan fingerprint density at radius 1 is 1.08 bits per heavy atom. The van der Waals surface area contributed by atoms with Gasteiger partial charge in [0, 0.05) is 16.8 Å². The average molecular weight is 322 g/mol. The number of carbonyl (C=O) groups is 2. The lowest BCUT2D eigenvalue weighted by Gasteiger charge is -2.06. The third-order valence-electron chi connectivity index (χ3n) is 3.35. The van der Waals surface area contributed by atoms with Crippen LogP contribution in [0.4, 0.5) is 5.69 Å². The Labute approximate surface area is 137 Å². The Kier molecular flexibility index (Phi) is 3.98. The van der Waals surface area contributed by atoms with E-state index in [9.17, 15) is 14.7 Å². The molecule has 0 saturated heterocycles. The second-order valence-corrected chi connectivity index (χ2v) is 5.05. The number of anilines is 1. The van der Waals surface area contributed by atoms with Crippen molar-refractivity contribution >= 4 is 17.5 Å². The number of carbonyl (C=O) groups excluding carboxylic acids is 2. The molecule has 0 saturated carbocycles. The summed E-state index contributed by atoms with van der Waals surface area (Å²) in [5.41, 5.74) is 6.51. The second kappa shape index (κ2) is 6.25. The summed E-state index contributed by atoms with van der Waals surface area (Å²) in [5, 5.41) is 12.4. The van der Waals surface area contributed by atoms with Crippen molar-refractivity contribution in [1.82, 2.24) is 9.97 Å². The van der Waals surface area contributed by atoms with E-state index in [-0.39, 0.29) is 17.4 Å². The highest BCUT2D eigenvalue weighted by Crippen LogP contribution is 2.23. The number of aromatic amines is 1. The van der Waals surface area contributed by atoms with Crippen molar-refractivity contribution in [2.45, 2.75) is 0 Å². The van der Waals surface area contributed by atoms with Crippen LogP contribution in [0, 0.1) is 0 Å². The van der Waals surface area contributed by atoms with Gasteiger partial charge >= 0.3 is 0 Å². The van der Waals surface area contributed by atoms with E-state index in [0.717, 1.165) is 0 Å². The molecule has 1 aromatic heterocycles. The second-order valence-electron chi connectivity index (χ2n) is 5.05. The van der Waals surface area contributed by atoms with Gasteiger partial charge in [-0.1, -0.05) is 30.3 Å². The van der Waals surface area contributed by atoms with Crippen LogP contribution in [-0.2, 0) is 0 Å². The molecule has 0 aliphatic rings. The van der Waals surface area contributed by atoms with E-state index in [1.165, 1.54) is 0 Å². The molecule has 2 amide bonds. The van der Waals surface area contributed by atoms with Gasteiger partial charge in [-0.05, 0) is 24.3 Å². The molecule has 0 aliphatic carbocycles. The van der Waals surface area contributed by atoms with Gasteiger partial charge in [0.2, 0.25) is 5.88 Å². The molecule has 3 aromatic rings. The fourth-order valence-corrected chi connectivity index (χ4v) is 2.21. The van der Waals surface area contributed by atoms with Crippen molar-refractivity contribution in [3.8, 4) is 17.3 Å². The molecule has 0 radical (unpaired) electrons. The fourth-order valence-electron chi connectivity index (χ4n) is 2.21. The quantitative estimate of drug-likeness (QED) is 0.588. The number of rotatable bonds is 4. The lowest BCUT2D eigenvalue weighted by molar-refractivity contribution is 0.0991. The van der Waals surface area contributed by atoms with Crippen LogP contribution in [0.2, 0.25) is 0 Å². The summed E-state index contributed by atoms with van der Waals surface area (Å²) < 4.78 is 0. The van der Waals surface area contributed by atoms with Crippen molar-refractivity contribution in [2.24, 2.45) is 5.73 Å². The topological polar surface area (TPSA) is 121 Å². The number of hydrogen-bond donors (Lipinski definition) is 4. The molecule has 3 rings (SSSR count). The van der Waals surface area contributed by atoms with Crippen LogP contribution in [0.15, 0.2) is 54.6 Å². The molecule has 0 atom stereocenters. The van der Waals surface area contributed by atoms with Crippen molar-refractivity contribution < 1.29 is 14.7 Å². The molecule has 1 heterocycles. The molecule has 120 valence electrons. The van der Waals surface area contributed by atoms with E-state index in [2.05, 4.69) is 15.3 Å². The first kappa shape index (κ1) is 15.3. The largest absolute Gasteiger partial charge is 0.493 e. The monoisotopic (exact) mass is 322 g/mol. The zero-order chi connectivity index (χ0) is 17.1. The third-order valence-corrected chi connectivity index (χ3v) is 3.35. The first-order chi connectivity index (χ1) is 11.5. The van der Waals surface area contributed by atoms with E-state index < -0.39 is 11.8 Å². The number of hydrogen-bond acceptors (Lipinski definition) is 4. The van der Waals surface area contributed by atoms with Gasteiger partial charge in [-0.2, -0.15) is 0 Å². The number of imidazole rings is 1. The van der Waals surface area contributed by atoms with Crippen molar-refractivity contribution in [2.75, 3.05) is 5.32 Å². The highest BCUT2D eigenvalue weighted by atomic mass is 16.3. The maximum atomic E-state index is 12.3. The maximum Gasteiger partial charge on any atom is 0.272 e. The Bertz CT molecular complexity index is 903. The van der Waals surface area contributed by atoms with E-state index in [1.807, 2.05) is 18.2 Å². The normalized spacial score (nSPS) is 10.3. The molecular formula is C17H14N4O3. The molecule has 0 aliphatic heterocycles. The molecule has 7 nitrogen and oxygen atoms in total. The molecule has 2 aromatic carbocycles. The molecule has 0 spiro atoms. The summed E-state index contributed by atoms with van der Waals surface area (Å²) >= 11 is 0. The number of nitrogens with one attached hydrogen (secondary N) is 2. The van der Waals surface area contributed by atoms with Crippen LogP contribution in [0.5, 0.6) is 5.88 Å². The van der Waals surface area contributed by atoms with Gasteiger partial charge in [0.1, 0.15) is 5.82 Å². The number of nitrogens with two attached hydrogens (primary N) is 1. The molecule has 24 heavy (non-hydrogen) atoms. The van der Waals surface area contributed by atoms with Gasteiger partial charge in [-0.15, -0.1) is 0 Å². The highest BCUT2D eigenvalue weighted by molar-refractivity contribution is 6.04. The predicted octanol–water partition coefficient (Wildman–Crippen LogP) is 2.13. The van der Waals surface area contributed by atoms with Gasteiger partial charge in [0.05, 0.1) is 0 Å². The van der Waals surface area contributed by atoms with Crippen LogP contribution in [0.3, 0.4) is 0 Å². The first-order valence-corrected chi connectivity index (χ1v) is 7.10. The number of aromatic hydroxyl groups is 1. The summed E-state index contributed by atoms with van der Waals surface area (Å²) in [4.78, 5) is 30.0. The molecule has 7 heteroatoms. The lowest BCUT2D eigenvalue weighted by Crippen LogP contribution is -2.12. The Balaban J connectivity index is 1.88. The number of H-pyrrole nitrogens is 1. The van der Waals surface area contributed by atoms with Crippen molar-refractivity contribution in [1.29, 1.82) is 0 Å². The summed E-state index contributed by atoms with van der Waals surface area (Å²) in [5.74, 6) is -1.28. The number of aromatic nitrogens is 2. The van der Waals surface area contributed by atoms with Gasteiger partial charge in [0.15, 0.2) is 5.69 Å². The third kappa shape index (κ3) is 3.09. The summed E-state index contributed by atoms with van der Waals surface area (Å²) in [6, 6.07) is 15.7. The molecule has 0 fully saturated rings. The van der Waals surface area contributed by atoms with Crippen LogP contribution in [-0.4, -0.2) is 26.9 Å². The van der Waals surface area contributed by atoms with Crippen LogP contribution in [0.1, 0.15) is 20.8 Å². The van der Waals surface area contributed by atoms with Crippen LogP contribution in [0.25, 0.3) is 11.4 Å². The number of nitrogens with zero attached hydrogens (tertiary/aromatic N) is 1. The zero-order valence-corrected chi connectivity index (χ0v) is 12.5. The van der Waals surface area contributed by atoms with E-state index in [0.29, 0.717) is 16.8 Å². The van der Waals surface area contributed by atoms with Gasteiger partial charge in [-0.25, -0.2) is 4.98 Å². The minimum Gasteiger partial charge on any atom is -0.493 e. The predicted molar refractivity (Wildman–Crippen MR) is 88.6 cm³/mol. The maximum absolute atomic E-state index is 12.3. The van der Waals surface area contributed by atoms with Crippen LogP contribution < -0.4 is 11.1 Å². The number of benzene rings is 2. The molecule has 0 bridgehead atoms. The Hall–Kier alpha value is -3.61. The Morgan fingerprint density at radius 2 is 1.83 bits per heavy atom.